The average Bonchev–Trinajstić information content (AvgIpc) is 2.86. The minimum Gasteiger partial charge on any atom is -0.492 e. The highest BCUT2D eigenvalue weighted by atomic mass is 19.1. The van der Waals surface area contributed by atoms with Gasteiger partial charge in [-0.3, -0.25) is 14.7 Å². The van der Waals surface area contributed by atoms with Crippen molar-refractivity contribution >= 4 is 12.2 Å². The van der Waals surface area contributed by atoms with Gasteiger partial charge in [0.1, 0.15) is 18.2 Å². The first-order chi connectivity index (χ1) is 17.0. The van der Waals surface area contributed by atoms with Crippen LogP contribution in [0.25, 0.3) is 11.3 Å². The van der Waals surface area contributed by atoms with Crippen LogP contribution in [0.3, 0.4) is 0 Å². The van der Waals surface area contributed by atoms with Gasteiger partial charge in [-0.15, -0.1) is 0 Å². The molecule has 0 aliphatic carbocycles. The summed E-state index contributed by atoms with van der Waals surface area (Å²) in [6, 6.07) is 8.40. The first kappa shape index (κ1) is 24.8. The van der Waals surface area contributed by atoms with Crippen molar-refractivity contribution in [3.05, 3.63) is 59.7 Å². The number of hydrogen-bond acceptors (Lipinski definition) is 7. The van der Waals surface area contributed by atoms with E-state index in [-0.39, 0.29) is 18.1 Å². The molecule has 1 amide bonds. The molecule has 1 N–H and O–H groups in total. The number of carbonyl (C=O) groups is 1. The highest BCUT2D eigenvalue weighted by Gasteiger charge is 2.14. The van der Waals surface area contributed by atoms with Crippen LogP contribution in [0.1, 0.15) is 5.56 Å². The van der Waals surface area contributed by atoms with Crippen molar-refractivity contribution in [2.75, 3.05) is 66.5 Å². The molecule has 4 rings (SSSR count). The first-order valence-electron chi connectivity index (χ1n) is 11.9. The Balaban J connectivity index is 1.25. The Morgan fingerprint density at radius 2 is 1.97 bits per heavy atom. The van der Waals surface area contributed by atoms with Crippen LogP contribution >= 0.6 is 0 Å². The van der Waals surface area contributed by atoms with E-state index in [0.29, 0.717) is 30.2 Å². The molecule has 1 fully saturated rings. The van der Waals surface area contributed by atoms with Crippen LogP contribution in [0.5, 0.6) is 5.75 Å². The smallest absolute Gasteiger partial charge is 0.224 e. The van der Waals surface area contributed by atoms with Gasteiger partial charge in [-0.2, -0.15) is 0 Å². The molecule has 0 saturated carbocycles. The Labute approximate surface area is 206 Å². The van der Waals surface area contributed by atoms with Crippen LogP contribution < -0.4 is 10.1 Å². The zero-order valence-electron chi connectivity index (χ0n) is 20.4. The van der Waals surface area contributed by atoms with Crippen molar-refractivity contribution in [3.8, 4) is 17.0 Å². The maximum absolute atomic E-state index is 14.8. The number of nitrogens with zero attached hydrogens (tertiary/aromatic N) is 5. The van der Waals surface area contributed by atoms with E-state index in [4.69, 9.17) is 4.74 Å². The number of piperazine rings is 1. The average molecular weight is 481 g/mol. The normalized spacial score (nSPS) is 16.8. The minimum atomic E-state index is -0.382. The molecular formula is C26H33FN6O2. The SMILES string of the molecule is CN1C=NC(CNC(=O)Cc2ccc(-c3ccc(OCCN4CCN(C)CC4)cc3F)nc2)=CC1. The largest absolute Gasteiger partial charge is 0.492 e. The molecule has 9 heteroatoms. The molecule has 2 aliphatic heterocycles. The van der Waals surface area contributed by atoms with Gasteiger partial charge in [0.25, 0.3) is 0 Å². The molecule has 1 aromatic heterocycles. The number of benzene rings is 1. The lowest BCUT2D eigenvalue weighted by Crippen LogP contribution is -2.45. The zero-order valence-corrected chi connectivity index (χ0v) is 20.4. The van der Waals surface area contributed by atoms with Crippen molar-refractivity contribution in [1.29, 1.82) is 0 Å². The summed E-state index contributed by atoms with van der Waals surface area (Å²) in [7, 11) is 4.07. The molecule has 1 aromatic carbocycles. The summed E-state index contributed by atoms with van der Waals surface area (Å²) in [5, 5.41) is 2.87. The summed E-state index contributed by atoms with van der Waals surface area (Å²) in [6.45, 7) is 6.70. The van der Waals surface area contributed by atoms with Gasteiger partial charge in [-0.25, -0.2) is 9.38 Å². The summed E-state index contributed by atoms with van der Waals surface area (Å²) in [5.74, 6) is 0.0172. The van der Waals surface area contributed by atoms with Crippen LogP contribution in [-0.2, 0) is 11.2 Å². The summed E-state index contributed by atoms with van der Waals surface area (Å²) >= 11 is 0. The van der Waals surface area contributed by atoms with Gasteiger partial charge in [-0.1, -0.05) is 6.07 Å². The van der Waals surface area contributed by atoms with Crippen LogP contribution in [0, 0.1) is 5.82 Å². The molecule has 0 unspecified atom stereocenters. The number of halogens is 1. The van der Waals surface area contributed by atoms with Crippen molar-refractivity contribution < 1.29 is 13.9 Å². The topological polar surface area (TPSA) is 73.3 Å². The Hall–Kier alpha value is -3.30. The maximum atomic E-state index is 14.8. The maximum Gasteiger partial charge on any atom is 0.224 e. The molecule has 2 aromatic rings. The highest BCUT2D eigenvalue weighted by molar-refractivity contribution is 5.79. The molecule has 0 radical (unpaired) electrons. The molecule has 0 atom stereocenters. The lowest BCUT2D eigenvalue weighted by atomic mass is 10.1. The van der Waals surface area contributed by atoms with Crippen molar-refractivity contribution in [3.63, 3.8) is 0 Å². The van der Waals surface area contributed by atoms with E-state index in [1.807, 2.05) is 18.0 Å². The third-order valence-corrected chi connectivity index (χ3v) is 6.18. The van der Waals surface area contributed by atoms with Gasteiger partial charge in [0.05, 0.1) is 30.7 Å². The van der Waals surface area contributed by atoms with Crippen molar-refractivity contribution in [2.45, 2.75) is 6.42 Å². The highest BCUT2D eigenvalue weighted by Crippen LogP contribution is 2.25. The number of nitrogens with one attached hydrogen (secondary N) is 1. The number of ether oxygens (including phenoxy) is 1. The molecule has 3 heterocycles. The van der Waals surface area contributed by atoms with Gasteiger partial charge in [0.15, 0.2) is 0 Å². The second kappa shape index (κ2) is 11.9. The molecule has 2 aliphatic rings. The second-order valence-corrected chi connectivity index (χ2v) is 9.02. The van der Waals surface area contributed by atoms with Gasteiger partial charge in [0, 0.05) is 64.1 Å². The fourth-order valence-electron chi connectivity index (χ4n) is 3.92. The third-order valence-electron chi connectivity index (χ3n) is 6.18. The van der Waals surface area contributed by atoms with Crippen LogP contribution in [-0.4, -0.2) is 98.4 Å². The number of likely N-dealkylation sites (N-methyl/N-ethyl adjacent to an activating group) is 2. The summed E-state index contributed by atoms with van der Waals surface area (Å²) < 4.78 is 20.5. The summed E-state index contributed by atoms with van der Waals surface area (Å²) in [4.78, 5) is 27.5. The predicted molar refractivity (Wildman–Crippen MR) is 135 cm³/mol. The number of carbonyl (C=O) groups excluding carboxylic acids is 1. The van der Waals surface area contributed by atoms with E-state index in [0.717, 1.165) is 50.5 Å². The quantitative estimate of drug-likeness (QED) is 0.592. The Bertz CT molecular complexity index is 1060. The van der Waals surface area contributed by atoms with Gasteiger partial charge < -0.3 is 19.9 Å². The van der Waals surface area contributed by atoms with E-state index >= 15 is 0 Å². The number of aromatic nitrogens is 1. The molecule has 8 nitrogen and oxygen atoms in total. The van der Waals surface area contributed by atoms with E-state index in [1.54, 1.807) is 36.8 Å². The Morgan fingerprint density at radius 1 is 1.14 bits per heavy atom. The number of pyridine rings is 1. The second-order valence-electron chi connectivity index (χ2n) is 9.02. The molecule has 35 heavy (non-hydrogen) atoms. The van der Waals surface area contributed by atoms with Crippen molar-refractivity contribution in [1.82, 2.24) is 25.0 Å². The van der Waals surface area contributed by atoms with Crippen LogP contribution in [0.2, 0.25) is 0 Å². The summed E-state index contributed by atoms with van der Waals surface area (Å²) in [6.07, 6.45) is 5.54. The van der Waals surface area contributed by atoms with Crippen molar-refractivity contribution in [2.24, 2.45) is 4.99 Å². The fraction of sp³-hybridized carbons (Fsp3) is 0.423. The summed E-state index contributed by atoms with van der Waals surface area (Å²) in [5.41, 5.74) is 2.52. The molecule has 0 spiro atoms. The molecule has 186 valence electrons. The Morgan fingerprint density at radius 3 is 2.66 bits per heavy atom. The number of aliphatic imine (C=N–C) groups is 1. The number of hydrogen-bond donors (Lipinski definition) is 1. The third kappa shape index (κ3) is 7.34. The molecule has 1 saturated heterocycles. The van der Waals surface area contributed by atoms with Gasteiger partial charge in [0.2, 0.25) is 5.91 Å². The van der Waals surface area contributed by atoms with Crippen LogP contribution in [0.4, 0.5) is 4.39 Å². The van der Waals surface area contributed by atoms with E-state index < -0.39 is 0 Å². The monoisotopic (exact) mass is 480 g/mol. The number of amides is 1. The fourth-order valence-corrected chi connectivity index (χ4v) is 3.92. The zero-order chi connectivity index (χ0) is 24.6. The lowest BCUT2D eigenvalue weighted by Gasteiger charge is -2.32. The van der Waals surface area contributed by atoms with E-state index in [2.05, 4.69) is 32.1 Å². The van der Waals surface area contributed by atoms with Crippen LogP contribution in [0.15, 0.2) is 53.3 Å². The molecular weight excluding hydrogens is 447 g/mol. The van der Waals surface area contributed by atoms with Gasteiger partial charge in [-0.05, 0) is 36.9 Å². The van der Waals surface area contributed by atoms with E-state index in [9.17, 15) is 9.18 Å². The predicted octanol–water partition coefficient (Wildman–Crippen LogP) is 2.03. The van der Waals surface area contributed by atoms with Gasteiger partial charge >= 0.3 is 0 Å². The Kier molecular flexibility index (Phi) is 8.44. The molecule has 0 bridgehead atoms. The minimum absolute atomic E-state index is 0.112. The standard InChI is InChI=1S/C26H33FN6O2/c1-31-9-11-33(12-10-31)13-14-35-22-4-5-23(24(27)16-22)25-6-3-20(17-28-25)15-26(34)29-18-21-7-8-32(2)19-30-21/h3-7,16-17,19H,8-15,18H2,1-2H3,(H,29,34). The number of rotatable bonds is 9. The first-order valence-corrected chi connectivity index (χ1v) is 11.9. The lowest BCUT2D eigenvalue weighted by molar-refractivity contribution is -0.120. The van der Waals surface area contributed by atoms with E-state index in [1.165, 1.54) is 6.07 Å².